The molecule has 1 saturated heterocycles. The highest BCUT2D eigenvalue weighted by Crippen LogP contribution is 2.25. The van der Waals surface area contributed by atoms with Crippen LogP contribution in [0.15, 0.2) is 39.9 Å². The number of rotatable bonds is 4. The summed E-state index contributed by atoms with van der Waals surface area (Å²) in [5, 5.41) is 8.54. The monoisotopic (exact) mass is 381 g/mol. The molecule has 0 saturated carbocycles. The second-order valence-electron chi connectivity index (χ2n) is 7.09. The number of anilines is 1. The number of ether oxygens (including phenoxy) is 1. The van der Waals surface area contributed by atoms with Crippen molar-refractivity contribution in [2.75, 3.05) is 24.6 Å². The highest BCUT2D eigenvalue weighted by Gasteiger charge is 2.19. The fourth-order valence-corrected chi connectivity index (χ4v) is 3.33. The van der Waals surface area contributed by atoms with E-state index in [0.29, 0.717) is 18.1 Å². The van der Waals surface area contributed by atoms with Gasteiger partial charge >= 0.3 is 0 Å². The zero-order valence-corrected chi connectivity index (χ0v) is 16.3. The molecule has 4 rings (SSSR count). The average molecular weight is 381 g/mol. The van der Waals surface area contributed by atoms with E-state index in [1.54, 1.807) is 18.5 Å². The molecule has 3 aromatic heterocycles. The third kappa shape index (κ3) is 3.68. The van der Waals surface area contributed by atoms with Gasteiger partial charge in [-0.2, -0.15) is 5.10 Å². The Bertz CT molecular complexity index is 1030. The maximum Gasteiger partial charge on any atom is 0.269 e. The number of aromatic nitrogens is 4. The summed E-state index contributed by atoms with van der Waals surface area (Å²) in [6, 6.07) is 5.49. The summed E-state index contributed by atoms with van der Waals surface area (Å²) in [7, 11) is 0. The predicted octanol–water partition coefficient (Wildman–Crippen LogP) is 2.18. The van der Waals surface area contributed by atoms with Crippen molar-refractivity contribution in [1.82, 2.24) is 19.9 Å². The quantitative estimate of drug-likeness (QED) is 0.685. The fraction of sp³-hybridized carbons (Fsp3) is 0.400. The molecule has 1 aliphatic heterocycles. The lowest BCUT2D eigenvalue weighted by Gasteiger charge is -2.32. The minimum atomic E-state index is -0.162. The van der Waals surface area contributed by atoms with Crippen molar-refractivity contribution in [3.8, 4) is 11.3 Å². The van der Waals surface area contributed by atoms with Gasteiger partial charge in [-0.15, -0.1) is 0 Å². The lowest BCUT2D eigenvalue weighted by atomic mass is 10.1. The van der Waals surface area contributed by atoms with E-state index in [1.165, 1.54) is 4.68 Å². The van der Waals surface area contributed by atoms with Crippen molar-refractivity contribution in [1.29, 1.82) is 0 Å². The van der Waals surface area contributed by atoms with Crippen molar-refractivity contribution in [2.24, 2.45) is 0 Å². The zero-order chi connectivity index (χ0) is 19.7. The molecular weight excluding hydrogens is 358 g/mol. The zero-order valence-electron chi connectivity index (χ0n) is 16.3. The van der Waals surface area contributed by atoms with Gasteiger partial charge in [0.2, 0.25) is 0 Å². The summed E-state index contributed by atoms with van der Waals surface area (Å²) in [6.45, 7) is 8.23. The van der Waals surface area contributed by atoms with Gasteiger partial charge in [0.15, 0.2) is 0 Å². The van der Waals surface area contributed by atoms with Crippen molar-refractivity contribution in [3.63, 3.8) is 0 Å². The van der Waals surface area contributed by atoms with Crippen molar-refractivity contribution in [3.05, 3.63) is 58.0 Å². The topological polar surface area (TPSA) is 86.3 Å². The predicted molar refractivity (Wildman–Crippen MR) is 104 cm³/mol. The molecule has 0 N–H and O–H groups in total. The maximum absolute atomic E-state index is 12.7. The first kappa shape index (κ1) is 18.4. The molecule has 146 valence electrons. The number of hydrogen-bond donors (Lipinski definition) is 0. The fourth-order valence-electron chi connectivity index (χ4n) is 3.33. The molecule has 8 nitrogen and oxygen atoms in total. The molecule has 3 aromatic rings. The Balaban J connectivity index is 1.61. The maximum atomic E-state index is 12.7. The molecule has 1 atom stereocenters. The van der Waals surface area contributed by atoms with Crippen LogP contribution in [0, 0.1) is 13.8 Å². The summed E-state index contributed by atoms with van der Waals surface area (Å²) < 4.78 is 12.4. The van der Waals surface area contributed by atoms with Crippen LogP contribution in [0.2, 0.25) is 0 Å². The van der Waals surface area contributed by atoms with Crippen molar-refractivity contribution >= 4 is 5.69 Å². The molecular formula is C20H23N5O3. The van der Waals surface area contributed by atoms with Crippen LogP contribution < -0.4 is 10.5 Å². The summed E-state index contributed by atoms with van der Waals surface area (Å²) in [6.07, 6.45) is 3.63. The molecule has 0 spiro atoms. The van der Waals surface area contributed by atoms with Gasteiger partial charge < -0.3 is 14.2 Å². The first-order valence-electron chi connectivity index (χ1n) is 9.33. The van der Waals surface area contributed by atoms with Gasteiger partial charge in [0.25, 0.3) is 5.56 Å². The largest absolute Gasteiger partial charge is 0.375 e. The lowest BCUT2D eigenvalue weighted by molar-refractivity contribution is 0.0532. The van der Waals surface area contributed by atoms with Gasteiger partial charge in [0.05, 0.1) is 31.1 Å². The highest BCUT2D eigenvalue weighted by atomic mass is 16.5. The van der Waals surface area contributed by atoms with Crippen LogP contribution in [0.1, 0.15) is 23.9 Å². The normalized spacial score (nSPS) is 17.1. The molecule has 0 aromatic carbocycles. The number of pyridine rings is 1. The third-order valence-electron chi connectivity index (χ3n) is 4.94. The molecule has 0 bridgehead atoms. The van der Waals surface area contributed by atoms with Crippen LogP contribution in [-0.4, -0.2) is 45.7 Å². The van der Waals surface area contributed by atoms with E-state index in [-0.39, 0.29) is 18.2 Å². The molecule has 1 unspecified atom stereocenters. The van der Waals surface area contributed by atoms with Crippen LogP contribution in [0.5, 0.6) is 0 Å². The molecule has 28 heavy (non-hydrogen) atoms. The van der Waals surface area contributed by atoms with E-state index >= 15 is 0 Å². The second-order valence-corrected chi connectivity index (χ2v) is 7.09. The van der Waals surface area contributed by atoms with Gasteiger partial charge in [-0.25, -0.2) is 4.68 Å². The Morgan fingerprint density at radius 3 is 2.82 bits per heavy atom. The molecule has 0 aliphatic carbocycles. The Morgan fingerprint density at radius 1 is 1.25 bits per heavy atom. The molecule has 1 fully saturated rings. The summed E-state index contributed by atoms with van der Waals surface area (Å²) in [5.41, 5.74) is 3.95. The van der Waals surface area contributed by atoms with E-state index in [4.69, 9.17) is 9.26 Å². The summed E-state index contributed by atoms with van der Waals surface area (Å²) in [5.74, 6) is 0.662. The minimum Gasteiger partial charge on any atom is -0.375 e. The van der Waals surface area contributed by atoms with Gasteiger partial charge in [-0.05, 0) is 32.9 Å². The van der Waals surface area contributed by atoms with E-state index in [9.17, 15) is 4.79 Å². The van der Waals surface area contributed by atoms with Crippen LogP contribution >= 0.6 is 0 Å². The number of hydrogen-bond acceptors (Lipinski definition) is 7. The summed E-state index contributed by atoms with van der Waals surface area (Å²) in [4.78, 5) is 19.1. The van der Waals surface area contributed by atoms with E-state index in [1.807, 2.05) is 32.9 Å². The first-order valence-corrected chi connectivity index (χ1v) is 9.33. The Morgan fingerprint density at radius 2 is 2.11 bits per heavy atom. The molecule has 0 radical (unpaired) electrons. The van der Waals surface area contributed by atoms with Gasteiger partial charge in [-0.3, -0.25) is 9.78 Å². The van der Waals surface area contributed by atoms with Crippen LogP contribution in [0.4, 0.5) is 5.69 Å². The molecule has 1 aliphatic rings. The minimum absolute atomic E-state index is 0.140. The highest BCUT2D eigenvalue weighted by molar-refractivity contribution is 5.62. The van der Waals surface area contributed by atoms with Crippen molar-refractivity contribution < 1.29 is 9.26 Å². The SMILES string of the molecule is Cc1ccc(-c2noc(C)c2Cn2ncc(N3CCOC(C)C3)cc2=O)cn1. The van der Waals surface area contributed by atoms with Crippen molar-refractivity contribution in [2.45, 2.75) is 33.4 Å². The Kier molecular flexibility index (Phi) is 4.95. The molecule has 0 amide bonds. The second kappa shape index (κ2) is 7.55. The lowest BCUT2D eigenvalue weighted by Crippen LogP contribution is -2.41. The van der Waals surface area contributed by atoms with Gasteiger partial charge in [-0.1, -0.05) is 5.16 Å². The first-order chi connectivity index (χ1) is 13.5. The van der Waals surface area contributed by atoms with Crippen LogP contribution in [0.3, 0.4) is 0 Å². The van der Waals surface area contributed by atoms with Gasteiger partial charge in [0.1, 0.15) is 11.5 Å². The van der Waals surface area contributed by atoms with Gasteiger partial charge in [0, 0.05) is 42.2 Å². The van der Waals surface area contributed by atoms with Crippen LogP contribution in [-0.2, 0) is 11.3 Å². The van der Waals surface area contributed by atoms with Crippen LogP contribution in [0.25, 0.3) is 11.3 Å². The standard InChI is InChI=1S/C20H23N5O3/c1-13-4-5-16(9-21-13)20-18(15(3)28-23-20)12-25-19(26)8-17(10-22-25)24-6-7-27-14(2)11-24/h4-5,8-10,14H,6-7,11-12H2,1-3H3. The average Bonchev–Trinajstić information content (AvgIpc) is 3.04. The number of aryl methyl sites for hydroxylation is 2. The van der Waals surface area contributed by atoms with E-state index < -0.39 is 0 Å². The third-order valence-corrected chi connectivity index (χ3v) is 4.94. The smallest absolute Gasteiger partial charge is 0.269 e. The number of nitrogens with zero attached hydrogens (tertiary/aromatic N) is 5. The molecule has 8 heteroatoms. The summed E-state index contributed by atoms with van der Waals surface area (Å²) >= 11 is 0. The van der Waals surface area contributed by atoms with E-state index in [2.05, 4.69) is 20.1 Å². The Hall–Kier alpha value is -3.00. The van der Waals surface area contributed by atoms with E-state index in [0.717, 1.165) is 35.6 Å². The molecule has 4 heterocycles. The number of morpholine rings is 1. The Labute approximate surface area is 162 Å².